The van der Waals surface area contributed by atoms with Crippen LogP contribution in [-0.4, -0.2) is 30.9 Å². The quantitative estimate of drug-likeness (QED) is 0.864. The van der Waals surface area contributed by atoms with Gasteiger partial charge in [0.05, 0.1) is 0 Å². The summed E-state index contributed by atoms with van der Waals surface area (Å²) in [6, 6.07) is 8.10. The summed E-state index contributed by atoms with van der Waals surface area (Å²) in [6.45, 7) is 7.10. The fourth-order valence-electron chi connectivity index (χ4n) is 3.90. The Kier molecular flexibility index (Phi) is 5.79. The van der Waals surface area contributed by atoms with Gasteiger partial charge in [-0.15, -0.1) is 0 Å². The van der Waals surface area contributed by atoms with E-state index in [-0.39, 0.29) is 5.91 Å². The van der Waals surface area contributed by atoms with E-state index in [1.807, 2.05) is 30.1 Å². The Bertz CT molecular complexity index is 716. The number of rotatable bonds is 6. The Labute approximate surface area is 150 Å². The van der Waals surface area contributed by atoms with Crippen molar-refractivity contribution in [2.75, 3.05) is 20.1 Å². The average molecular weight is 342 g/mol. The summed E-state index contributed by atoms with van der Waals surface area (Å²) in [5.41, 5.74) is 2.07. The van der Waals surface area contributed by atoms with E-state index in [4.69, 9.17) is 4.42 Å². The number of amides is 1. The molecule has 2 aromatic rings. The van der Waals surface area contributed by atoms with Crippen LogP contribution in [0.25, 0.3) is 11.0 Å². The number of carbonyl (C=O) groups is 1. The molecule has 0 radical (unpaired) electrons. The monoisotopic (exact) mass is 342 g/mol. The van der Waals surface area contributed by atoms with E-state index in [1.165, 1.54) is 12.8 Å². The van der Waals surface area contributed by atoms with E-state index < -0.39 is 0 Å². The van der Waals surface area contributed by atoms with Crippen molar-refractivity contribution in [3.8, 4) is 0 Å². The summed E-state index contributed by atoms with van der Waals surface area (Å²) in [4.78, 5) is 14.6. The van der Waals surface area contributed by atoms with Gasteiger partial charge in [-0.1, -0.05) is 32.0 Å². The average Bonchev–Trinajstić information content (AvgIpc) is 3.00. The topological polar surface area (TPSA) is 45.5 Å². The fraction of sp³-hybridized carbons (Fsp3) is 0.571. The number of aryl methyl sites for hydroxylation is 1. The summed E-state index contributed by atoms with van der Waals surface area (Å²) in [6.07, 6.45) is 3.92. The molecule has 3 rings (SSSR count). The van der Waals surface area contributed by atoms with Crippen molar-refractivity contribution in [2.45, 2.75) is 46.1 Å². The minimum Gasteiger partial charge on any atom is -0.461 e. The smallest absolute Gasteiger partial charge is 0.222 e. The van der Waals surface area contributed by atoms with Crippen LogP contribution in [0.4, 0.5) is 0 Å². The Morgan fingerprint density at radius 3 is 2.92 bits per heavy atom. The molecular formula is C21H30N2O2. The SMILES string of the molecule is CCc1oc2ccccc2c1CN(C)C(=O)CC(C)C1CCCNC1. The number of hydrogen-bond donors (Lipinski definition) is 1. The highest BCUT2D eigenvalue weighted by Gasteiger charge is 2.24. The summed E-state index contributed by atoms with van der Waals surface area (Å²) >= 11 is 0. The largest absolute Gasteiger partial charge is 0.461 e. The molecule has 2 heterocycles. The molecule has 0 bridgehead atoms. The van der Waals surface area contributed by atoms with E-state index in [0.29, 0.717) is 24.8 Å². The third kappa shape index (κ3) is 4.06. The van der Waals surface area contributed by atoms with Crippen LogP contribution in [0.15, 0.2) is 28.7 Å². The predicted octanol–water partition coefficient (Wildman–Crippen LogP) is 3.98. The first-order valence-electron chi connectivity index (χ1n) is 9.54. The van der Waals surface area contributed by atoms with Gasteiger partial charge in [0.1, 0.15) is 11.3 Å². The maximum absolute atomic E-state index is 12.7. The lowest BCUT2D eigenvalue weighted by molar-refractivity contribution is -0.131. The highest BCUT2D eigenvalue weighted by molar-refractivity contribution is 5.83. The van der Waals surface area contributed by atoms with Gasteiger partial charge in [-0.2, -0.15) is 0 Å². The maximum atomic E-state index is 12.7. The van der Waals surface area contributed by atoms with Crippen LogP contribution in [0.1, 0.15) is 44.4 Å². The van der Waals surface area contributed by atoms with Crippen LogP contribution in [0.2, 0.25) is 0 Å². The van der Waals surface area contributed by atoms with E-state index in [2.05, 4.69) is 25.2 Å². The van der Waals surface area contributed by atoms with Gasteiger partial charge in [0.2, 0.25) is 5.91 Å². The molecule has 1 saturated heterocycles. The molecule has 4 nitrogen and oxygen atoms in total. The Balaban J connectivity index is 1.67. The van der Waals surface area contributed by atoms with Crippen LogP contribution < -0.4 is 5.32 Å². The minimum atomic E-state index is 0.227. The fourth-order valence-corrected chi connectivity index (χ4v) is 3.90. The normalized spacial score (nSPS) is 19.1. The lowest BCUT2D eigenvalue weighted by Gasteiger charge is -2.29. The van der Waals surface area contributed by atoms with Gasteiger partial charge in [0, 0.05) is 37.4 Å². The van der Waals surface area contributed by atoms with Crippen molar-refractivity contribution >= 4 is 16.9 Å². The highest BCUT2D eigenvalue weighted by atomic mass is 16.3. The standard InChI is InChI=1S/C21H30N2O2/c1-4-19-18(17-9-5-6-10-20(17)25-19)14-23(3)21(24)12-15(2)16-8-7-11-22-13-16/h5-6,9-10,15-16,22H,4,7-8,11-14H2,1-3H3. The number of furan rings is 1. The molecule has 1 aliphatic heterocycles. The molecule has 4 heteroatoms. The number of benzene rings is 1. The second kappa shape index (κ2) is 8.05. The molecule has 1 aromatic heterocycles. The number of nitrogens with one attached hydrogen (secondary N) is 1. The number of piperidine rings is 1. The molecule has 136 valence electrons. The van der Waals surface area contributed by atoms with E-state index in [9.17, 15) is 4.79 Å². The first kappa shape index (κ1) is 18.0. The highest BCUT2D eigenvalue weighted by Crippen LogP contribution is 2.28. The van der Waals surface area contributed by atoms with Crippen molar-refractivity contribution in [1.29, 1.82) is 0 Å². The summed E-state index contributed by atoms with van der Waals surface area (Å²) in [5, 5.41) is 4.58. The van der Waals surface area contributed by atoms with E-state index in [1.54, 1.807) is 0 Å². The van der Waals surface area contributed by atoms with Gasteiger partial charge < -0.3 is 14.6 Å². The van der Waals surface area contributed by atoms with Crippen molar-refractivity contribution in [2.24, 2.45) is 11.8 Å². The van der Waals surface area contributed by atoms with Gasteiger partial charge >= 0.3 is 0 Å². The van der Waals surface area contributed by atoms with Crippen molar-refractivity contribution in [3.63, 3.8) is 0 Å². The van der Waals surface area contributed by atoms with Crippen LogP contribution in [0.5, 0.6) is 0 Å². The zero-order valence-electron chi connectivity index (χ0n) is 15.7. The molecule has 0 aliphatic carbocycles. The molecule has 1 amide bonds. The molecular weight excluding hydrogens is 312 g/mol. The third-order valence-electron chi connectivity index (χ3n) is 5.56. The zero-order chi connectivity index (χ0) is 17.8. The molecule has 1 N–H and O–H groups in total. The van der Waals surface area contributed by atoms with Crippen molar-refractivity contribution < 1.29 is 9.21 Å². The number of nitrogens with zero attached hydrogens (tertiary/aromatic N) is 1. The molecule has 1 fully saturated rings. The second-order valence-electron chi connectivity index (χ2n) is 7.39. The van der Waals surface area contributed by atoms with Crippen molar-refractivity contribution in [3.05, 3.63) is 35.6 Å². The van der Waals surface area contributed by atoms with E-state index in [0.717, 1.165) is 41.8 Å². The number of hydrogen-bond acceptors (Lipinski definition) is 3. The first-order valence-corrected chi connectivity index (χ1v) is 9.54. The lowest BCUT2D eigenvalue weighted by Crippen LogP contribution is -2.36. The maximum Gasteiger partial charge on any atom is 0.222 e. The number of para-hydroxylation sites is 1. The summed E-state index contributed by atoms with van der Waals surface area (Å²) in [5.74, 6) is 2.26. The van der Waals surface area contributed by atoms with Crippen LogP contribution >= 0.6 is 0 Å². The van der Waals surface area contributed by atoms with E-state index >= 15 is 0 Å². The van der Waals surface area contributed by atoms with Gasteiger partial charge in [-0.3, -0.25) is 4.79 Å². The summed E-state index contributed by atoms with van der Waals surface area (Å²) in [7, 11) is 1.91. The van der Waals surface area contributed by atoms with Gasteiger partial charge in [0.15, 0.2) is 0 Å². The first-order chi connectivity index (χ1) is 12.1. The van der Waals surface area contributed by atoms with Crippen LogP contribution in [0, 0.1) is 11.8 Å². The molecule has 1 aliphatic rings. The summed E-state index contributed by atoms with van der Waals surface area (Å²) < 4.78 is 5.96. The molecule has 25 heavy (non-hydrogen) atoms. The minimum absolute atomic E-state index is 0.227. The Morgan fingerprint density at radius 2 is 2.20 bits per heavy atom. The zero-order valence-corrected chi connectivity index (χ0v) is 15.7. The Morgan fingerprint density at radius 1 is 1.40 bits per heavy atom. The molecule has 0 saturated carbocycles. The van der Waals surface area contributed by atoms with Gasteiger partial charge in [-0.25, -0.2) is 0 Å². The Hall–Kier alpha value is -1.81. The van der Waals surface area contributed by atoms with Gasteiger partial charge in [0.25, 0.3) is 0 Å². The molecule has 2 unspecified atom stereocenters. The second-order valence-corrected chi connectivity index (χ2v) is 7.39. The third-order valence-corrected chi connectivity index (χ3v) is 5.56. The lowest BCUT2D eigenvalue weighted by atomic mass is 9.85. The van der Waals surface area contributed by atoms with Gasteiger partial charge in [-0.05, 0) is 43.8 Å². The number of fused-ring (bicyclic) bond motifs is 1. The van der Waals surface area contributed by atoms with Crippen molar-refractivity contribution in [1.82, 2.24) is 10.2 Å². The molecule has 1 aromatic carbocycles. The van der Waals surface area contributed by atoms with Crippen LogP contribution in [-0.2, 0) is 17.8 Å². The predicted molar refractivity (Wildman–Crippen MR) is 101 cm³/mol. The van der Waals surface area contributed by atoms with Crippen LogP contribution in [0.3, 0.4) is 0 Å². The molecule has 0 spiro atoms. The number of carbonyl (C=O) groups excluding carboxylic acids is 1. The molecule has 2 atom stereocenters.